The molecule has 0 unspecified atom stereocenters. The fraction of sp³-hybridized carbons (Fsp3) is 0.850. The number of hydrogen-bond donors (Lipinski definition) is 4. The quantitative estimate of drug-likeness (QED) is 0.182. The fourth-order valence-electron chi connectivity index (χ4n) is 3.87. The van der Waals surface area contributed by atoms with Gasteiger partial charge in [-0.05, 0) is 44.1 Å². The third-order valence-corrected chi connectivity index (χ3v) is 5.87. The molecule has 1 fully saturated rings. The standard InChI is InChI=1S/C20H35BrO5/c21-13-9-5-1-2-7-11-16(22)20-15(17(23)14-18(20)24)10-6-3-4-8-12-19(25)26/h11,15,17-18,20,22-24H,1-10,12-14H2,(H,25,26)/t15-,17-,18+,20-/m0/s1. The molecule has 0 amide bonds. The fourth-order valence-corrected chi connectivity index (χ4v) is 4.27. The molecule has 0 aromatic rings. The summed E-state index contributed by atoms with van der Waals surface area (Å²) >= 11 is 3.42. The Hall–Kier alpha value is -0.590. The van der Waals surface area contributed by atoms with Gasteiger partial charge in [0, 0.05) is 24.1 Å². The Morgan fingerprint density at radius 2 is 1.58 bits per heavy atom. The van der Waals surface area contributed by atoms with Crippen molar-refractivity contribution in [3.8, 4) is 0 Å². The van der Waals surface area contributed by atoms with Crippen LogP contribution in [0.25, 0.3) is 0 Å². The highest BCUT2D eigenvalue weighted by Gasteiger charge is 2.43. The molecule has 1 saturated carbocycles. The minimum absolute atomic E-state index is 0.117. The lowest BCUT2D eigenvalue weighted by Crippen LogP contribution is -2.24. The largest absolute Gasteiger partial charge is 0.512 e. The van der Waals surface area contributed by atoms with Gasteiger partial charge in [-0.25, -0.2) is 0 Å². The van der Waals surface area contributed by atoms with Crippen molar-refractivity contribution in [2.75, 3.05) is 5.33 Å². The van der Waals surface area contributed by atoms with Gasteiger partial charge in [-0.3, -0.25) is 4.79 Å². The summed E-state index contributed by atoms with van der Waals surface area (Å²) in [6.07, 6.45) is 10.4. The zero-order valence-corrected chi connectivity index (χ0v) is 17.2. The number of rotatable bonds is 14. The number of alkyl halides is 1. The predicted octanol–water partition coefficient (Wildman–Crippen LogP) is 4.56. The summed E-state index contributed by atoms with van der Waals surface area (Å²) in [5.74, 6) is -1.02. The molecule has 0 heterocycles. The molecule has 0 aromatic carbocycles. The van der Waals surface area contributed by atoms with Crippen molar-refractivity contribution in [3.05, 3.63) is 11.8 Å². The topological polar surface area (TPSA) is 98.0 Å². The molecule has 0 radical (unpaired) electrons. The van der Waals surface area contributed by atoms with Crippen molar-refractivity contribution >= 4 is 21.9 Å². The van der Waals surface area contributed by atoms with Gasteiger partial charge in [-0.15, -0.1) is 0 Å². The molecule has 4 atom stereocenters. The summed E-state index contributed by atoms with van der Waals surface area (Å²) in [6.45, 7) is 0. The molecule has 1 rings (SSSR count). The average molecular weight is 435 g/mol. The molecular formula is C20H35BrO5. The SMILES string of the molecule is O=C(O)CCCCCC[C@@H]1[C@@H](C(O)=CCCCCCCBr)[C@H](O)C[C@@H]1O. The van der Waals surface area contributed by atoms with Crippen LogP contribution in [-0.2, 0) is 4.79 Å². The van der Waals surface area contributed by atoms with Crippen molar-refractivity contribution in [2.24, 2.45) is 11.8 Å². The number of carbonyl (C=O) groups is 1. The van der Waals surface area contributed by atoms with Gasteiger partial charge < -0.3 is 20.4 Å². The third-order valence-electron chi connectivity index (χ3n) is 5.31. The third kappa shape index (κ3) is 8.87. The van der Waals surface area contributed by atoms with Crippen molar-refractivity contribution in [2.45, 2.75) is 89.3 Å². The van der Waals surface area contributed by atoms with Crippen molar-refractivity contribution < 1.29 is 25.2 Å². The molecule has 0 aliphatic heterocycles. The minimum atomic E-state index is -0.762. The zero-order valence-electron chi connectivity index (χ0n) is 15.7. The molecule has 4 N–H and O–H groups in total. The van der Waals surface area contributed by atoms with Crippen molar-refractivity contribution in [1.82, 2.24) is 0 Å². The summed E-state index contributed by atoms with van der Waals surface area (Å²) in [4.78, 5) is 10.5. The van der Waals surface area contributed by atoms with Crippen LogP contribution in [-0.4, -0.2) is 43.9 Å². The molecular weight excluding hydrogens is 400 g/mol. The highest BCUT2D eigenvalue weighted by atomic mass is 79.9. The van der Waals surface area contributed by atoms with E-state index in [-0.39, 0.29) is 24.0 Å². The van der Waals surface area contributed by atoms with Crippen LogP contribution < -0.4 is 0 Å². The van der Waals surface area contributed by atoms with Gasteiger partial charge in [0.1, 0.15) is 0 Å². The Morgan fingerprint density at radius 3 is 2.27 bits per heavy atom. The first-order valence-corrected chi connectivity index (χ1v) is 11.1. The van der Waals surface area contributed by atoms with Gasteiger partial charge in [-0.2, -0.15) is 0 Å². The summed E-state index contributed by atoms with van der Waals surface area (Å²) in [5.41, 5.74) is 0. The predicted molar refractivity (Wildman–Crippen MR) is 107 cm³/mol. The lowest BCUT2D eigenvalue weighted by atomic mass is 9.86. The Morgan fingerprint density at radius 1 is 0.923 bits per heavy atom. The number of hydrogen-bond acceptors (Lipinski definition) is 4. The van der Waals surface area contributed by atoms with Crippen LogP contribution in [0, 0.1) is 11.8 Å². The number of allylic oxidation sites excluding steroid dienone is 1. The van der Waals surface area contributed by atoms with Gasteiger partial charge in [0.15, 0.2) is 0 Å². The number of halogens is 1. The van der Waals surface area contributed by atoms with Gasteiger partial charge >= 0.3 is 5.97 Å². The molecule has 152 valence electrons. The van der Waals surface area contributed by atoms with E-state index in [1.165, 1.54) is 6.42 Å². The van der Waals surface area contributed by atoms with Crippen LogP contribution >= 0.6 is 15.9 Å². The molecule has 1 aliphatic carbocycles. The van der Waals surface area contributed by atoms with Crippen molar-refractivity contribution in [1.29, 1.82) is 0 Å². The Bertz CT molecular complexity index is 426. The molecule has 6 heteroatoms. The first-order valence-electron chi connectivity index (χ1n) is 10.00. The molecule has 0 saturated heterocycles. The lowest BCUT2D eigenvalue weighted by molar-refractivity contribution is -0.137. The van der Waals surface area contributed by atoms with E-state index < -0.39 is 18.2 Å². The van der Waals surface area contributed by atoms with Crippen molar-refractivity contribution in [3.63, 3.8) is 0 Å². The molecule has 0 bridgehead atoms. The lowest BCUT2D eigenvalue weighted by Gasteiger charge is -2.23. The van der Waals surface area contributed by atoms with Gasteiger partial charge in [0.05, 0.1) is 18.0 Å². The maximum atomic E-state index is 10.5. The van der Waals surface area contributed by atoms with E-state index in [9.17, 15) is 20.1 Å². The Kier molecular flexibility index (Phi) is 12.2. The maximum absolute atomic E-state index is 10.5. The number of unbranched alkanes of at least 4 members (excludes halogenated alkanes) is 7. The number of carboxylic acid groups (broad SMARTS) is 1. The summed E-state index contributed by atoms with van der Waals surface area (Å²) in [6, 6.07) is 0. The zero-order chi connectivity index (χ0) is 19.4. The van der Waals surface area contributed by atoms with E-state index >= 15 is 0 Å². The number of aliphatic hydroxyl groups excluding tert-OH is 3. The van der Waals surface area contributed by atoms with E-state index in [1.54, 1.807) is 0 Å². The Labute approximate surface area is 165 Å². The van der Waals surface area contributed by atoms with E-state index in [1.807, 2.05) is 6.08 Å². The number of carboxylic acids is 1. The molecule has 5 nitrogen and oxygen atoms in total. The molecule has 26 heavy (non-hydrogen) atoms. The van der Waals surface area contributed by atoms with Crippen LogP contribution in [0.2, 0.25) is 0 Å². The first kappa shape index (κ1) is 23.4. The monoisotopic (exact) mass is 434 g/mol. The number of aliphatic carboxylic acids is 1. The maximum Gasteiger partial charge on any atom is 0.303 e. The van der Waals surface area contributed by atoms with Crippen LogP contribution in [0.4, 0.5) is 0 Å². The van der Waals surface area contributed by atoms with Gasteiger partial charge in [-0.1, -0.05) is 48.0 Å². The van der Waals surface area contributed by atoms with E-state index in [0.717, 1.165) is 56.7 Å². The summed E-state index contributed by atoms with van der Waals surface area (Å²) in [5, 5.41) is 40.6. The van der Waals surface area contributed by atoms with Crippen LogP contribution in [0.15, 0.2) is 11.8 Å². The van der Waals surface area contributed by atoms with Crippen LogP contribution in [0.3, 0.4) is 0 Å². The molecule has 0 aromatic heterocycles. The number of aliphatic hydroxyl groups is 3. The molecule has 1 aliphatic rings. The van der Waals surface area contributed by atoms with Crippen LogP contribution in [0.5, 0.6) is 0 Å². The first-order chi connectivity index (χ1) is 12.5. The summed E-state index contributed by atoms with van der Waals surface area (Å²) < 4.78 is 0. The average Bonchev–Trinajstić information content (AvgIpc) is 2.87. The van der Waals surface area contributed by atoms with Gasteiger partial charge in [0.25, 0.3) is 0 Å². The van der Waals surface area contributed by atoms with E-state index in [0.29, 0.717) is 12.8 Å². The van der Waals surface area contributed by atoms with Crippen LogP contribution in [0.1, 0.15) is 77.0 Å². The normalized spacial score (nSPS) is 26.3. The van der Waals surface area contributed by atoms with Gasteiger partial charge in [0.2, 0.25) is 0 Å². The second-order valence-corrected chi connectivity index (χ2v) is 8.22. The summed E-state index contributed by atoms with van der Waals surface area (Å²) in [7, 11) is 0. The van der Waals surface area contributed by atoms with E-state index in [2.05, 4.69) is 15.9 Å². The second kappa shape index (κ2) is 13.6. The highest BCUT2D eigenvalue weighted by Crippen LogP contribution is 2.39. The highest BCUT2D eigenvalue weighted by molar-refractivity contribution is 9.09. The molecule has 0 spiro atoms. The Balaban J connectivity index is 2.38. The minimum Gasteiger partial charge on any atom is -0.512 e. The smallest absolute Gasteiger partial charge is 0.303 e. The second-order valence-electron chi connectivity index (χ2n) is 7.43. The van der Waals surface area contributed by atoms with E-state index in [4.69, 9.17) is 5.11 Å².